The lowest BCUT2D eigenvalue weighted by molar-refractivity contribution is -0.142. The summed E-state index contributed by atoms with van der Waals surface area (Å²) < 4.78 is 0. The number of carboxylic acids is 2. The molecule has 0 heterocycles. The first-order valence-electron chi connectivity index (χ1n) is 7.84. The Morgan fingerprint density at radius 2 is 1.60 bits per heavy atom. The topological polar surface area (TPSA) is 185 Å². The highest BCUT2D eigenvalue weighted by molar-refractivity contribution is 7.80. The molecule has 3 atom stereocenters. The summed E-state index contributed by atoms with van der Waals surface area (Å²) in [5.74, 6) is -3.69. The summed E-state index contributed by atoms with van der Waals surface area (Å²) in [7, 11) is 0. The van der Waals surface area contributed by atoms with Crippen molar-refractivity contribution in [3.8, 4) is 0 Å². The summed E-state index contributed by atoms with van der Waals surface area (Å²) in [5, 5.41) is 22.5. The Morgan fingerprint density at radius 1 is 0.960 bits per heavy atom. The maximum absolute atomic E-state index is 12.1. The maximum Gasteiger partial charge on any atom is 0.326 e. The van der Waals surface area contributed by atoms with Gasteiger partial charge in [0.15, 0.2) is 0 Å². The monoisotopic (exact) mass is 378 g/mol. The number of carbonyl (C=O) groups is 4. The normalized spacial score (nSPS) is 14.2. The second-order valence-electron chi connectivity index (χ2n) is 5.47. The van der Waals surface area contributed by atoms with Crippen molar-refractivity contribution in [3.63, 3.8) is 0 Å². The molecular weight excluding hydrogens is 352 g/mol. The minimum Gasteiger partial charge on any atom is -0.480 e. The molecule has 0 saturated heterocycles. The molecule has 0 radical (unpaired) electrons. The second kappa shape index (κ2) is 12.5. The lowest BCUT2D eigenvalue weighted by atomic mass is 10.1. The summed E-state index contributed by atoms with van der Waals surface area (Å²) >= 11 is 3.97. The summed E-state index contributed by atoms with van der Waals surface area (Å²) in [4.78, 5) is 45.7. The van der Waals surface area contributed by atoms with Crippen LogP contribution >= 0.6 is 12.6 Å². The van der Waals surface area contributed by atoms with Crippen molar-refractivity contribution >= 4 is 36.4 Å². The quantitative estimate of drug-likeness (QED) is 0.146. The van der Waals surface area contributed by atoms with Gasteiger partial charge in [0.2, 0.25) is 11.8 Å². The minimum atomic E-state index is -1.22. The number of aliphatic carboxylic acids is 2. The van der Waals surface area contributed by atoms with Crippen LogP contribution in [0.15, 0.2) is 0 Å². The van der Waals surface area contributed by atoms with Gasteiger partial charge in [-0.1, -0.05) is 0 Å². The highest BCUT2D eigenvalue weighted by Gasteiger charge is 2.25. The number of hydrogen-bond donors (Lipinski definition) is 7. The molecule has 11 heteroatoms. The molecule has 2 amide bonds. The third kappa shape index (κ3) is 9.89. The van der Waals surface area contributed by atoms with Gasteiger partial charge in [0.25, 0.3) is 0 Å². The van der Waals surface area contributed by atoms with Crippen LogP contribution in [0.1, 0.15) is 32.1 Å². The van der Waals surface area contributed by atoms with Crippen LogP contribution in [0.25, 0.3) is 0 Å². The Morgan fingerprint density at radius 3 is 2.08 bits per heavy atom. The number of thiol groups is 1. The van der Waals surface area contributed by atoms with Crippen LogP contribution < -0.4 is 22.1 Å². The van der Waals surface area contributed by atoms with E-state index in [9.17, 15) is 19.2 Å². The fraction of sp³-hybridized carbons (Fsp3) is 0.714. The molecular formula is C14H26N4O6S. The van der Waals surface area contributed by atoms with Crippen molar-refractivity contribution < 1.29 is 29.4 Å². The summed E-state index contributed by atoms with van der Waals surface area (Å²) in [6, 6.07) is -3.29. The Labute approximate surface area is 151 Å². The molecule has 144 valence electrons. The lowest BCUT2D eigenvalue weighted by Gasteiger charge is -2.20. The van der Waals surface area contributed by atoms with Gasteiger partial charge in [-0.05, 0) is 32.2 Å². The predicted octanol–water partition coefficient (Wildman–Crippen LogP) is -1.71. The molecule has 10 nitrogen and oxygen atoms in total. The zero-order valence-corrected chi connectivity index (χ0v) is 14.7. The van der Waals surface area contributed by atoms with Gasteiger partial charge in [0.05, 0.1) is 0 Å². The number of nitrogens with one attached hydrogen (secondary N) is 2. The van der Waals surface area contributed by atoms with Crippen molar-refractivity contribution in [2.24, 2.45) is 11.5 Å². The Balaban J connectivity index is 4.54. The summed E-state index contributed by atoms with van der Waals surface area (Å²) in [6.07, 6.45) is 1.14. The first-order chi connectivity index (χ1) is 11.7. The maximum atomic E-state index is 12.1. The summed E-state index contributed by atoms with van der Waals surface area (Å²) in [6.45, 7) is 0.425. The molecule has 0 aliphatic carbocycles. The van der Waals surface area contributed by atoms with E-state index >= 15 is 0 Å². The third-order valence-electron chi connectivity index (χ3n) is 3.40. The Hall–Kier alpha value is -1.85. The van der Waals surface area contributed by atoms with Crippen LogP contribution in [0.2, 0.25) is 0 Å². The molecule has 0 aromatic rings. The molecule has 0 fully saturated rings. The van der Waals surface area contributed by atoms with E-state index in [4.69, 9.17) is 21.7 Å². The predicted molar refractivity (Wildman–Crippen MR) is 93.1 cm³/mol. The lowest BCUT2D eigenvalue weighted by Crippen LogP contribution is -2.52. The molecule has 25 heavy (non-hydrogen) atoms. The average molecular weight is 378 g/mol. The van der Waals surface area contributed by atoms with Crippen molar-refractivity contribution in [1.29, 1.82) is 0 Å². The Bertz CT molecular complexity index is 476. The van der Waals surface area contributed by atoms with Crippen LogP contribution in [0.4, 0.5) is 0 Å². The number of rotatable bonds is 13. The molecule has 0 aliphatic heterocycles. The first kappa shape index (κ1) is 23.1. The van der Waals surface area contributed by atoms with E-state index in [1.807, 2.05) is 0 Å². The molecule has 8 N–H and O–H groups in total. The molecule has 0 aromatic heterocycles. The Kier molecular flexibility index (Phi) is 11.6. The molecule has 0 aliphatic rings. The van der Waals surface area contributed by atoms with E-state index in [-0.39, 0.29) is 25.0 Å². The molecule has 0 rings (SSSR count). The zero-order chi connectivity index (χ0) is 19.4. The number of carbonyl (C=O) groups excluding carboxylic acids is 2. The van der Waals surface area contributed by atoms with Gasteiger partial charge >= 0.3 is 11.9 Å². The first-order valence-corrected chi connectivity index (χ1v) is 8.48. The molecule has 0 aromatic carbocycles. The van der Waals surface area contributed by atoms with Crippen molar-refractivity contribution in [2.45, 2.75) is 50.2 Å². The molecule has 0 bridgehead atoms. The van der Waals surface area contributed by atoms with Gasteiger partial charge in [0.1, 0.15) is 18.1 Å². The van der Waals surface area contributed by atoms with Crippen molar-refractivity contribution in [2.75, 3.05) is 12.3 Å². The smallest absolute Gasteiger partial charge is 0.326 e. The van der Waals surface area contributed by atoms with Gasteiger partial charge in [-0.15, -0.1) is 0 Å². The second-order valence-corrected chi connectivity index (χ2v) is 5.84. The van der Waals surface area contributed by atoms with E-state index in [0.717, 1.165) is 0 Å². The highest BCUT2D eigenvalue weighted by Crippen LogP contribution is 2.03. The number of amides is 2. The van der Waals surface area contributed by atoms with Crippen LogP contribution in [0.5, 0.6) is 0 Å². The van der Waals surface area contributed by atoms with Gasteiger partial charge in [0, 0.05) is 12.2 Å². The standard InChI is InChI=1S/C14H26N4O6S/c15-6-2-1-3-9(14(23)24)18-12(20)10(7-25)17-11(19)5-4-8(16)13(21)22/h8-10,25H,1-7,15-16H2,(H,17,19)(H,18,20)(H,21,22)(H,23,24). The van der Waals surface area contributed by atoms with E-state index in [0.29, 0.717) is 19.4 Å². The van der Waals surface area contributed by atoms with E-state index in [1.54, 1.807) is 0 Å². The average Bonchev–Trinajstić information content (AvgIpc) is 2.56. The highest BCUT2D eigenvalue weighted by atomic mass is 32.1. The van der Waals surface area contributed by atoms with E-state index in [2.05, 4.69) is 23.3 Å². The van der Waals surface area contributed by atoms with Crippen molar-refractivity contribution in [3.05, 3.63) is 0 Å². The van der Waals surface area contributed by atoms with Crippen LogP contribution in [0.3, 0.4) is 0 Å². The fourth-order valence-corrected chi connectivity index (χ4v) is 2.15. The summed E-state index contributed by atoms with van der Waals surface area (Å²) in [5.41, 5.74) is 10.6. The number of hydrogen-bond acceptors (Lipinski definition) is 7. The molecule has 0 spiro atoms. The molecule has 3 unspecified atom stereocenters. The van der Waals surface area contributed by atoms with Gasteiger partial charge in [-0.3, -0.25) is 14.4 Å². The van der Waals surface area contributed by atoms with Crippen LogP contribution in [0, 0.1) is 0 Å². The number of carboxylic acid groups (broad SMARTS) is 2. The van der Waals surface area contributed by atoms with Gasteiger partial charge in [-0.25, -0.2) is 4.79 Å². The van der Waals surface area contributed by atoms with Crippen LogP contribution in [-0.2, 0) is 19.2 Å². The minimum absolute atomic E-state index is 0.0440. The largest absolute Gasteiger partial charge is 0.480 e. The molecule has 0 saturated carbocycles. The van der Waals surface area contributed by atoms with E-state index in [1.165, 1.54) is 0 Å². The van der Waals surface area contributed by atoms with Gasteiger partial charge in [-0.2, -0.15) is 12.6 Å². The van der Waals surface area contributed by atoms with Gasteiger partial charge < -0.3 is 32.3 Å². The fourth-order valence-electron chi connectivity index (χ4n) is 1.89. The SMILES string of the molecule is NCCCCC(NC(=O)C(CS)NC(=O)CCC(N)C(=O)O)C(=O)O. The number of nitrogens with two attached hydrogens (primary N) is 2. The van der Waals surface area contributed by atoms with E-state index < -0.39 is 41.9 Å². The zero-order valence-electron chi connectivity index (χ0n) is 13.8. The van der Waals surface area contributed by atoms with Crippen LogP contribution in [-0.4, -0.2) is 64.4 Å². The third-order valence-corrected chi connectivity index (χ3v) is 3.76. The van der Waals surface area contributed by atoms with Crippen molar-refractivity contribution in [1.82, 2.24) is 10.6 Å². The number of unbranched alkanes of at least 4 members (excludes halogenated alkanes) is 1.